The maximum atomic E-state index is 12.8. The van der Waals surface area contributed by atoms with Crippen molar-refractivity contribution in [2.24, 2.45) is 10.8 Å². The quantitative estimate of drug-likeness (QED) is 0.302. The van der Waals surface area contributed by atoms with E-state index in [2.05, 4.69) is 0 Å². The number of aliphatic hydroxyl groups is 1. The molecule has 1 aromatic rings. The second kappa shape index (κ2) is 6.75. The van der Waals surface area contributed by atoms with Crippen LogP contribution in [0.1, 0.15) is 41.5 Å². The van der Waals surface area contributed by atoms with Crippen LogP contribution in [0.3, 0.4) is 0 Å². The van der Waals surface area contributed by atoms with Gasteiger partial charge in [-0.2, -0.15) is 0 Å². The van der Waals surface area contributed by atoms with Gasteiger partial charge < -0.3 is 10.0 Å². The lowest BCUT2D eigenvalue weighted by Gasteiger charge is -2.22. The molecule has 1 N–H and O–H groups in total. The van der Waals surface area contributed by atoms with Gasteiger partial charge in [0, 0.05) is 42.7 Å². The van der Waals surface area contributed by atoms with E-state index >= 15 is 0 Å². The van der Waals surface area contributed by atoms with Gasteiger partial charge in [-0.15, -0.1) is 4.57 Å². The number of carbonyl (C=O) groups is 2. The Morgan fingerprint density at radius 2 is 1.29 bits per heavy atom. The van der Waals surface area contributed by atoms with Crippen LogP contribution >= 0.6 is 0 Å². The number of carbonyl (C=O) groups excluding carboxylic acids is 2. The number of rotatable bonds is 4. The second-order valence-corrected chi connectivity index (χ2v) is 8.21. The minimum atomic E-state index is -0.769. The summed E-state index contributed by atoms with van der Waals surface area (Å²) < 4.78 is 1.40. The molecular formula is C19H29N2O3+. The van der Waals surface area contributed by atoms with Gasteiger partial charge in [0.25, 0.3) is 0 Å². The molecule has 0 fully saturated rings. The van der Waals surface area contributed by atoms with Crippen molar-refractivity contribution < 1.29 is 19.3 Å². The van der Waals surface area contributed by atoms with Gasteiger partial charge in [0.2, 0.25) is 0 Å². The molecule has 0 aliphatic heterocycles. The van der Waals surface area contributed by atoms with Crippen LogP contribution in [-0.4, -0.2) is 30.8 Å². The second-order valence-electron chi connectivity index (χ2n) is 8.21. The van der Waals surface area contributed by atoms with Crippen molar-refractivity contribution in [3.05, 3.63) is 30.1 Å². The first-order valence-electron chi connectivity index (χ1n) is 7.98. The highest BCUT2D eigenvalue weighted by Crippen LogP contribution is 2.28. The molecule has 0 atom stereocenters. The number of hydrogen-bond donors (Lipinski definition) is 1. The zero-order valence-corrected chi connectivity index (χ0v) is 16.0. The lowest BCUT2D eigenvalue weighted by atomic mass is 9.78. The molecule has 0 amide bonds. The SMILES string of the molecule is CN(C)c1cc[n+](C(O)=C(C(=O)C(C)(C)C)C(=O)C(C)(C)C)cc1. The minimum absolute atomic E-state index is 0.155. The van der Waals surface area contributed by atoms with E-state index in [0.29, 0.717) is 0 Å². The largest absolute Gasteiger partial charge is 0.459 e. The Kier molecular flexibility index (Phi) is 5.59. The molecule has 132 valence electrons. The van der Waals surface area contributed by atoms with Gasteiger partial charge in [0.05, 0.1) is 0 Å². The van der Waals surface area contributed by atoms with E-state index in [-0.39, 0.29) is 23.0 Å². The topological polar surface area (TPSA) is 61.5 Å². The van der Waals surface area contributed by atoms with Crippen molar-refractivity contribution in [2.45, 2.75) is 41.5 Å². The molecule has 24 heavy (non-hydrogen) atoms. The molecule has 0 saturated heterocycles. The molecule has 0 bridgehead atoms. The van der Waals surface area contributed by atoms with Crippen LogP contribution in [0.5, 0.6) is 0 Å². The molecule has 5 heteroatoms. The smallest absolute Gasteiger partial charge is 0.385 e. The highest BCUT2D eigenvalue weighted by atomic mass is 16.3. The zero-order valence-electron chi connectivity index (χ0n) is 16.0. The van der Waals surface area contributed by atoms with E-state index in [1.807, 2.05) is 19.0 Å². The molecule has 0 unspecified atom stereocenters. The fraction of sp³-hybridized carbons (Fsp3) is 0.526. The van der Waals surface area contributed by atoms with Gasteiger partial charge in [-0.3, -0.25) is 9.59 Å². The average molecular weight is 333 g/mol. The number of aromatic nitrogens is 1. The van der Waals surface area contributed by atoms with Crippen LogP contribution in [0.25, 0.3) is 5.88 Å². The Morgan fingerprint density at radius 3 is 1.58 bits per heavy atom. The van der Waals surface area contributed by atoms with E-state index in [9.17, 15) is 14.7 Å². The molecule has 0 aliphatic carbocycles. The predicted octanol–water partition coefficient (Wildman–Crippen LogP) is 3.00. The number of hydrogen-bond acceptors (Lipinski definition) is 4. The van der Waals surface area contributed by atoms with Gasteiger partial charge in [0.15, 0.2) is 29.5 Å². The van der Waals surface area contributed by atoms with Crippen molar-refractivity contribution in [1.82, 2.24) is 0 Å². The highest BCUT2D eigenvalue weighted by Gasteiger charge is 2.40. The summed E-state index contributed by atoms with van der Waals surface area (Å²) in [5.74, 6) is -1.08. The number of nitrogens with zero attached hydrogens (tertiary/aromatic N) is 2. The highest BCUT2D eigenvalue weighted by molar-refractivity contribution is 6.25. The standard InChI is InChI=1S/C19H28N2O3/c1-18(2,3)15(22)14(16(23)19(4,5)6)17(24)21-11-9-13(10-12-21)20(7)8/h9-12H,1-8H3/p+1. The summed E-state index contributed by atoms with van der Waals surface area (Å²) in [4.78, 5) is 27.5. The van der Waals surface area contributed by atoms with Crippen LogP contribution in [0, 0.1) is 10.8 Å². The molecule has 5 nitrogen and oxygen atoms in total. The Morgan fingerprint density at radius 1 is 0.917 bits per heavy atom. The normalized spacial score (nSPS) is 11.8. The molecule has 0 radical (unpaired) electrons. The van der Waals surface area contributed by atoms with Crippen molar-refractivity contribution in [2.75, 3.05) is 19.0 Å². The van der Waals surface area contributed by atoms with Crippen LogP contribution in [0.2, 0.25) is 0 Å². The summed E-state index contributed by atoms with van der Waals surface area (Å²) in [5.41, 5.74) is -0.745. The van der Waals surface area contributed by atoms with Crippen molar-refractivity contribution in [3.8, 4) is 0 Å². The third kappa shape index (κ3) is 4.43. The monoisotopic (exact) mass is 333 g/mol. The van der Waals surface area contributed by atoms with Crippen LogP contribution in [-0.2, 0) is 9.59 Å². The van der Waals surface area contributed by atoms with Crippen molar-refractivity contribution in [1.29, 1.82) is 0 Å². The minimum Gasteiger partial charge on any atom is -0.459 e. The number of pyridine rings is 1. The van der Waals surface area contributed by atoms with Crippen LogP contribution < -0.4 is 9.47 Å². The molecule has 1 rings (SSSR count). The first kappa shape index (κ1) is 19.9. The predicted molar refractivity (Wildman–Crippen MR) is 95.7 cm³/mol. The Bertz CT molecular complexity index is 629. The van der Waals surface area contributed by atoms with Gasteiger partial charge >= 0.3 is 5.88 Å². The summed E-state index contributed by atoms with van der Waals surface area (Å²) in [6.07, 6.45) is 3.27. The van der Waals surface area contributed by atoms with Crippen LogP contribution in [0.4, 0.5) is 5.69 Å². The molecule has 0 spiro atoms. The van der Waals surface area contributed by atoms with Crippen molar-refractivity contribution >= 4 is 23.1 Å². The van der Waals surface area contributed by atoms with Gasteiger partial charge in [-0.25, -0.2) is 0 Å². The van der Waals surface area contributed by atoms with Gasteiger partial charge in [0.1, 0.15) is 0 Å². The summed E-state index contributed by atoms with van der Waals surface area (Å²) in [6.45, 7) is 10.4. The summed E-state index contributed by atoms with van der Waals surface area (Å²) in [6, 6.07) is 3.61. The lowest BCUT2D eigenvalue weighted by molar-refractivity contribution is -0.599. The van der Waals surface area contributed by atoms with E-state index in [1.54, 1.807) is 66.1 Å². The van der Waals surface area contributed by atoms with Crippen LogP contribution in [0.15, 0.2) is 30.1 Å². The Hall–Kier alpha value is -2.17. The molecule has 1 aromatic heterocycles. The Labute approximate surface area is 144 Å². The van der Waals surface area contributed by atoms with E-state index in [1.165, 1.54) is 4.57 Å². The fourth-order valence-corrected chi connectivity index (χ4v) is 2.04. The third-order valence-electron chi connectivity index (χ3n) is 3.61. The van der Waals surface area contributed by atoms with Gasteiger partial charge in [-0.1, -0.05) is 41.5 Å². The first-order valence-corrected chi connectivity index (χ1v) is 7.98. The molecule has 0 aliphatic rings. The maximum Gasteiger partial charge on any atom is 0.385 e. The van der Waals surface area contributed by atoms with Gasteiger partial charge in [-0.05, 0) is 0 Å². The molecule has 1 heterocycles. The fourth-order valence-electron chi connectivity index (χ4n) is 2.04. The molecule has 0 saturated carbocycles. The summed E-state index contributed by atoms with van der Waals surface area (Å²) in [5, 5.41) is 10.7. The number of aliphatic hydroxyl groups excluding tert-OH is 1. The van der Waals surface area contributed by atoms with E-state index in [4.69, 9.17) is 0 Å². The maximum absolute atomic E-state index is 12.8. The van der Waals surface area contributed by atoms with E-state index in [0.717, 1.165) is 5.69 Å². The Balaban J connectivity index is 3.53. The lowest BCUT2D eigenvalue weighted by Crippen LogP contribution is -2.40. The number of allylic oxidation sites excluding steroid dienone is 1. The first-order chi connectivity index (χ1) is 10.8. The molecular weight excluding hydrogens is 304 g/mol. The number of Topliss-reactive ketones (excluding diaryl/α,β-unsaturated/α-hetero) is 2. The average Bonchev–Trinajstić information content (AvgIpc) is 2.45. The van der Waals surface area contributed by atoms with Crippen molar-refractivity contribution in [3.63, 3.8) is 0 Å². The summed E-state index contributed by atoms with van der Waals surface area (Å²) >= 11 is 0. The third-order valence-corrected chi connectivity index (χ3v) is 3.61. The number of anilines is 1. The molecule has 0 aromatic carbocycles. The number of ketones is 2. The zero-order chi connectivity index (χ0) is 18.9. The summed E-state index contributed by atoms with van der Waals surface area (Å²) in [7, 11) is 3.82. The van der Waals surface area contributed by atoms with E-state index < -0.39 is 10.8 Å².